The number of sulfonamides is 1. The molecule has 0 N–H and O–H groups in total. The number of carbonyl (C=O) groups excluding carboxylic acids is 2. The van der Waals surface area contributed by atoms with Gasteiger partial charge in [-0.1, -0.05) is 19.8 Å². The molecule has 2 aliphatic rings. The van der Waals surface area contributed by atoms with Crippen molar-refractivity contribution in [3.05, 3.63) is 29.8 Å². The highest BCUT2D eigenvalue weighted by Gasteiger charge is 2.28. The number of amides is 1. The molecule has 0 saturated carbocycles. The van der Waals surface area contributed by atoms with Gasteiger partial charge in [-0.3, -0.25) is 4.79 Å². The molecule has 0 aromatic heterocycles. The Morgan fingerprint density at radius 1 is 0.966 bits per heavy atom. The quantitative estimate of drug-likeness (QED) is 0.681. The zero-order valence-electron chi connectivity index (χ0n) is 17.0. The van der Waals surface area contributed by atoms with Crippen LogP contribution in [0.4, 0.5) is 0 Å². The number of benzene rings is 1. The van der Waals surface area contributed by atoms with Gasteiger partial charge < -0.3 is 9.64 Å². The maximum Gasteiger partial charge on any atom is 0.338 e. The lowest BCUT2D eigenvalue weighted by atomic mass is 10.0. The van der Waals surface area contributed by atoms with Gasteiger partial charge in [0.05, 0.1) is 10.5 Å². The summed E-state index contributed by atoms with van der Waals surface area (Å²) in [5.74, 6) is -0.265. The van der Waals surface area contributed by atoms with Crippen LogP contribution in [0.25, 0.3) is 0 Å². The van der Waals surface area contributed by atoms with Gasteiger partial charge in [0.25, 0.3) is 5.91 Å². The van der Waals surface area contributed by atoms with Crippen molar-refractivity contribution in [1.82, 2.24) is 9.21 Å². The topological polar surface area (TPSA) is 84.0 Å². The Morgan fingerprint density at radius 3 is 2.14 bits per heavy atom. The van der Waals surface area contributed by atoms with Gasteiger partial charge in [0, 0.05) is 26.2 Å². The molecule has 0 unspecified atom stereocenters. The van der Waals surface area contributed by atoms with Gasteiger partial charge in [-0.2, -0.15) is 4.31 Å². The fourth-order valence-corrected chi connectivity index (χ4v) is 5.23. The molecule has 0 radical (unpaired) electrons. The number of piperidine rings is 1. The molecule has 160 valence electrons. The Hall–Kier alpha value is -1.93. The number of nitrogens with zero attached hydrogens (tertiary/aromatic N) is 2. The average molecular weight is 423 g/mol. The molecule has 1 amide bonds. The molecule has 7 nitrogen and oxygen atoms in total. The summed E-state index contributed by atoms with van der Waals surface area (Å²) in [6.07, 6.45) is 5.91. The number of likely N-dealkylation sites (tertiary alicyclic amines) is 1. The van der Waals surface area contributed by atoms with Crippen molar-refractivity contribution in [2.45, 2.75) is 50.3 Å². The van der Waals surface area contributed by atoms with Crippen molar-refractivity contribution >= 4 is 21.9 Å². The van der Waals surface area contributed by atoms with E-state index in [1.165, 1.54) is 28.6 Å². The van der Waals surface area contributed by atoms with Crippen LogP contribution in [0, 0.1) is 5.92 Å². The molecule has 29 heavy (non-hydrogen) atoms. The zero-order chi connectivity index (χ0) is 20.9. The molecule has 3 rings (SSSR count). The normalized spacial score (nSPS) is 19.6. The summed E-state index contributed by atoms with van der Waals surface area (Å²) < 4.78 is 32.2. The van der Waals surface area contributed by atoms with Crippen molar-refractivity contribution in [2.75, 3.05) is 32.8 Å². The Morgan fingerprint density at radius 2 is 1.55 bits per heavy atom. The molecule has 2 heterocycles. The minimum atomic E-state index is -3.55. The minimum absolute atomic E-state index is 0.171. The minimum Gasteiger partial charge on any atom is -0.452 e. The highest BCUT2D eigenvalue weighted by atomic mass is 32.2. The first kappa shape index (κ1) is 21.8. The summed E-state index contributed by atoms with van der Waals surface area (Å²) in [4.78, 5) is 26.4. The van der Waals surface area contributed by atoms with Crippen LogP contribution in [0.15, 0.2) is 29.2 Å². The number of carbonyl (C=O) groups is 2. The van der Waals surface area contributed by atoms with Crippen LogP contribution >= 0.6 is 0 Å². The van der Waals surface area contributed by atoms with Crippen LogP contribution in [-0.4, -0.2) is 62.3 Å². The Bertz CT molecular complexity index is 806. The van der Waals surface area contributed by atoms with Crippen LogP contribution in [0.1, 0.15) is 55.8 Å². The van der Waals surface area contributed by atoms with Gasteiger partial charge in [0.2, 0.25) is 10.0 Å². The number of hydrogen-bond donors (Lipinski definition) is 0. The van der Waals surface area contributed by atoms with Gasteiger partial charge in [-0.25, -0.2) is 13.2 Å². The lowest BCUT2D eigenvalue weighted by molar-refractivity contribution is -0.134. The van der Waals surface area contributed by atoms with E-state index in [1.54, 1.807) is 4.90 Å². The number of rotatable bonds is 5. The summed E-state index contributed by atoms with van der Waals surface area (Å²) in [6, 6.07) is 5.75. The van der Waals surface area contributed by atoms with Gasteiger partial charge in [0.15, 0.2) is 6.61 Å². The maximum absolute atomic E-state index is 12.8. The van der Waals surface area contributed by atoms with Crippen molar-refractivity contribution in [3.8, 4) is 0 Å². The van der Waals surface area contributed by atoms with E-state index in [0.717, 1.165) is 38.5 Å². The third kappa shape index (κ3) is 5.57. The van der Waals surface area contributed by atoms with Gasteiger partial charge in [-0.15, -0.1) is 0 Å². The highest BCUT2D eigenvalue weighted by molar-refractivity contribution is 7.89. The van der Waals surface area contributed by atoms with Gasteiger partial charge in [0.1, 0.15) is 0 Å². The fraction of sp³-hybridized carbons (Fsp3) is 0.619. The SMILES string of the molecule is CC1CCN(S(=O)(=O)c2ccc(C(=O)OCC(=O)N3CCCCCC3)cc2)CC1. The summed E-state index contributed by atoms with van der Waals surface area (Å²) >= 11 is 0. The Labute approximate surface area is 173 Å². The van der Waals surface area contributed by atoms with E-state index in [-0.39, 0.29) is 23.0 Å². The summed E-state index contributed by atoms with van der Waals surface area (Å²) in [6.45, 7) is 4.29. The lowest BCUT2D eigenvalue weighted by Crippen LogP contribution is -2.37. The van der Waals surface area contributed by atoms with Crippen molar-refractivity contribution < 1.29 is 22.7 Å². The largest absolute Gasteiger partial charge is 0.452 e. The molecule has 2 saturated heterocycles. The first-order valence-corrected chi connectivity index (χ1v) is 11.9. The van der Waals surface area contributed by atoms with Crippen molar-refractivity contribution in [2.24, 2.45) is 5.92 Å². The van der Waals surface area contributed by atoms with E-state index in [1.807, 2.05) is 0 Å². The third-order valence-electron chi connectivity index (χ3n) is 5.76. The third-order valence-corrected chi connectivity index (χ3v) is 7.67. The van der Waals surface area contributed by atoms with E-state index in [9.17, 15) is 18.0 Å². The molecule has 2 fully saturated rings. The molecule has 0 bridgehead atoms. The molecule has 1 aromatic carbocycles. The van der Waals surface area contributed by atoms with Crippen LogP contribution in [0.3, 0.4) is 0 Å². The second-order valence-electron chi connectivity index (χ2n) is 7.98. The summed E-state index contributed by atoms with van der Waals surface area (Å²) in [5.41, 5.74) is 0.236. The highest BCUT2D eigenvalue weighted by Crippen LogP contribution is 2.23. The van der Waals surface area contributed by atoms with E-state index >= 15 is 0 Å². The van der Waals surface area contributed by atoms with Gasteiger partial charge >= 0.3 is 5.97 Å². The van der Waals surface area contributed by atoms with E-state index < -0.39 is 16.0 Å². The predicted octanol–water partition coefficient (Wildman–Crippen LogP) is 2.67. The molecule has 0 atom stereocenters. The smallest absolute Gasteiger partial charge is 0.338 e. The summed E-state index contributed by atoms with van der Waals surface area (Å²) in [5, 5.41) is 0. The first-order valence-electron chi connectivity index (χ1n) is 10.4. The molecule has 0 spiro atoms. The Balaban J connectivity index is 1.56. The second-order valence-corrected chi connectivity index (χ2v) is 9.92. The fourth-order valence-electron chi connectivity index (χ4n) is 3.76. The second kappa shape index (κ2) is 9.71. The monoisotopic (exact) mass is 422 g/mol. The van der Waals surface area contributed by atoms with Crippen LogP contribution in [-0.2, 0) is 19.6 Å². The number of hydrogen-bond acceptors (Lipinski definition) is 5. The van der Waals surface area contributed by atoms with Crippen molar-refractivity contribution in [3.63, 3.8) is 0 Å². The maximum atomic E-state index is 12.8. The van der Waals surface area contributed by atoms with E-state index in [0.29, 0.717) is 32.1 Å². The van der Waals surface area contributed by atoms with E-state index in [4.69, 9.17) is 4.74 Å². The lowest BCUT2D eigenvalue weighted by Gasteiger charge is -2.29. The molecule has 0 aliphatic carbocycles. The van der Waals surface area contributed by atoms with Gasteiger partial charge in [-0.05, 0) is 55.9 Å². The predicted molar refractivity (Wildman–Crippen MR) is 109 cm³/mol. The van der Waals surface area contributed by atoms with Crippen molar-refractivity contribution in [1.29, 1.82) is 0 Å². The first-order chi connectivity index (χ1) is 13.9. The number of esters is 1. The number of ether oxygens (including phenoxy) is 1. The summed E-state index contributed by atoms with van der Waals surface area (Å²) in [7, 11) is -3.55. The zero-order valence-corrected chi connectivity index (χ0v) is 17.8. The molecule has 1 aromatic rings. The molecule has 8 heteroatoms. The molecular formula is C21H30N2O5S. The molecular weight excluding hydrogens is 392 g/mol. The van der Waals surface area contributed by atoms with Crippen LogP contribution in [0.5, 0.6) is 0 Å². The Kier molecular flexibility index (Phi) is 7.29. The van der Waals surface area contributed by atoms with Crippen LogP contribution in [0.2, 0.25) is 0 Å². The van der Waals surface area contributed by atoms with E-state index in [2.05, 4.69) is 6.92 Å². The molecule has 2 aliphatic heterocycles. The standard InChI is InChI=1S/C21H30N2O5S/c1-17-10-14-23(15-11-17)29(26,27)19-8-6-18(7-9-19)21(25)28-16-20(24)22-12-4-2-3-5-13-22/h6-9,17H,2-5,10-16H2,1H3. The van der Waals surface area contributed by atoms with Crippen LogP contribution < -0.4 is 0 Å². The average Bonchev–Trinajstić information content (AvgIpc) is 3.02.